The van der Waals surface area contributed by atoms with E-state index in [4.69, 9.17) is 0 Å². The highest BCUT2D eigenvalue weighted by Gasteiger charge is 2.04. The first kappa shape index (κ1) is 7.66. The van der Waals surface area contributed by atoms with Crippen LogP contribution in [0.1, 0.15) is 25.5 Å². The van der Waals surface area contributed by atoms with E-state index in [1.165, 1.54) is 0 Å². The van der Waals surface area contributed by atoms with Gasteiger partial charge in [-0.25, -0.2) is 0 Å². The molecule has 1 aromatic rings. The molecule has 0 radical (unpaired) electrons. The summed E-state index contributed by atoms with van der Waals surface area (Å²) in [6.45, 7) is 4.18. The predicted molar refractivity (Wildman–Crippen MR) is 43.8 cm³/mol. The third-order valence-corrected chi connectivity index (χ3v) is 1.92. The fourth-order valence-corrected chi connectivity index (χ4v) is 1.37. The molecule has 0 aliphatic heterocycles. The molecule has 0 aliphatic carbocycles. The molecule has 0 saturated heterocycles. The van der Waals surface area contributed by atoms with Crippen molar-refractivity contribution >= 4 is 15.9 Å². The zero-order valence-corrected chi connectivity index (χ0v) is 7.59. The van der Waals surface area contributed by atoms with Crippen molar-refractivity contribution in [3.8, 4) is 0 Å². The summed E-state index contributed by atoms with van der Waals surface area (Å²) in [7, 11) is 0. The summed E-state index contributed by atoms with van der Waals surface area (Å²) in [4.78, 5) is 0. The number of nitrogens with zero attached hydrogens (tertiary/aromatic N) is 2. The van der Waals surface area contributed by atoms with Crippen LogP contribution in [0, 0.1) is 0 Å². The molecule has 0 amide bonds. The Labute approximate surface area is 68.8 Å². The highest BCUT2D eigenvalue weighted by molar-refractivity contribution is 9.10. The topological polar surface area (TPSA) is 25.8 Å². The third-order valence-electron chi connectivity index (χ3n) is 1.24. The van der Waals surface area contributed by atoms with Gasteiger partial charge < -0.3 is 0 Å². The normalized spacial score (nSPS) is 10.4. The molecular formula is C7H9BrN2. The molecule has 0 bridgehead atoms. The van der Waals surface area contributed by atoms with Crippen LogP contribution in [0.2, 0.25) is 0 Å². The molecule has 0 aliphatic rings. The zero-order chi connectivity index (χ0) is 7.56. The minimum Gasteiger partial charge on any atom is -0.159 e. The van der Waals surface area contributed by atoms with E-state index in [-0.39, 0.29) is 0 Å². The fraction of sp³-hybridized carbons (Fsp3) is 0.429. The van der Waals surface area contributed by atoms with Gasteiger partial charge in [0.1, 0.15) is 0 Å². The Hall–Kier alpha value is -0.440. The fourth-order valence-electron chi connectivity index (χ4n) is 0.719. The molecule has 0 unspecified atom stereocenters. The maximum atomic E-state index is 3.98. The minimum absolute atomic E-state index is 0.433. The van der Waals surface area contributed by atoms with Gasteiger partial charge in [-0.2, -0.15) is 10.2 Å². The molecule has 0 N–H and O–H groups in total. The molecule has 1 aromatic heterocycles. The smallest absolute Gasteiger partial charge is 0.0798 e. The largest absolute Gasteiger partial charge is 0.159 e. The van der Waals surface area contributed by atoms with E-state index in [2.05, 4.69) is 40.0 Å². The van der Waals surface area contributed by atoms with Crippen molar-refractivity contribution in [3.05, 3.63) is 22.4 Å². The van der Waals surface area contributed by atoms with E-state index in [0.717, 1.165) is 10.2 Å². The summed E-state index contributed by atoms with van der Waals surface area (Å²) < 4.78 is 1.04. The van der Waals surface area contributed by atoms with Crippen molar-refractivity contribution in [2.75, 3.05) is 0 Å². The summed E-state index contributed by atoms with van der Waals surface area (Å²) in [6.07, 6.45) is 1.68. The van der Waals surface area contributed by atoms with Gasteiger partial charge in [-0.15, -0.1) is 0 Å². The summed E-state index contributed by atoms with van der Waals surface area (Å²) in [5.74, 6) is 0.433. The number of rotatable bonds is 1. The summed E-state index contributed by atoms with van der Waals surface area (Å²) >= 11 is 3.39. The standard InChI is InChI=1S/C7H9BrN2/c1-5(2)7-6(8)3-4-9-10-7/h3-5H,1-2H3. The summed E-state index contributed by atoms with van der Waals surface area (Å²) in [5, 5.41) is 7.77. The van der Waals surface area contributed by atoms with Gasteiger partial charge in [0.15, 0.2) is 0 Å². The molecule has 0 spiro atoms. The van der Waals surface area contributed by atoms with Gasteiger partial charge in [0.25, 0.3) is 0 Å². The van der Waals surface area contributed by atoms with E-state index in [1.54, 1.807) is 6.20 Å². The van der Waals surface area contributed by atoms with Crippen molar-refractivity contribution in [2.24, 2.45) is 0 Å². The average molecular weight is 201 g/mol. The van der Waals surface area contributed by atoms with Crippen LogP contribution in [-0.2, 0) is 0 Å². The lowest BCUT2D eigenvalue weighted by atomic mass is 10.1. The Morgan fingerprint density at radius 3 is 2.60 bits per heavy atom. The van der Waals surface area contributed by atoms with Crippen molar-refractivity contribution in [3.63, 3.8) is 0 Å². The Kier molecular flexibility index (Phi) is 2.38. The van der Waals surface area contributed by atoms with Gasteiger partial charge in [-0.3, -0.25) is 0 Å². The molecule has 0 aromatic carbocycles. The summed E-state index contributed by atoms with van der Waals surface area (Å²) in [5.41, 5.74) is 1.02. The van der Waals surface area contributed by atoms with Crippen molar-refractivity contribution < 1.29 is 0 Å². The van der Waals surface area contributed by atoms with Crippen molar-refractivity contribution in [1.29, 1.82) is 0 Å². The molecule has 3 heteroatoms. The molecule has 1 heterocycles. The van der Waals surface area contributed by atoms with Gasteiger partial charge in [0.2, 0.25) is 0 Å². The number of halogens is 1. The molecule has 2 nitrogen and oxygen atoms in total. The van der Waals surface area contributed by atoms with Crippen LogP contribution in [0.4, 0.5) is 0 Å². The maximum Gasteiger partial charge on any atom is 0.0798 e. The first-order chi connectivity index (χ1) is 4.72. The Balaban J connectivity index is 3.03. The van der Waals surface area contributed by atoms with E-state index < -0.39 is 0 Å². The van der Waals surface area contributed by atoms with Gasteiger partial charge in [0.05, 0.1) is 11.9 Å². The van der Waals surface area contributed by atoms with Gasteiger partial charge in [-0.1, -0.05) is 13.8 Å². The van der Waals surface area contributed by atoms with Crippen molar-refractivity contribution in [2.45, 2.75) is 19.8 Å². The van der Waals surface area contributed by atoms with Crippen LogP contribution in [0.25, 0.3) is 0 Å². The number of aromatic nitrogens is 2. The second-order valence-corrected chi connectivity index (χ2v) is 3.27. The van der Waals surface area contributed by atoms with Crippen LogP contribution >= 0.6 is 15.9 Å². The highest BCUT2D eigenvalue weighted by Crippen LogP contribution is 2.19. The Morgan fingerprint density at radius 1 is 1.50 bits per heavy atom. The van der Waals surface area contributed by atoms with E-state index >= 15 is 0 Å². The lowest BCUT2D eigenvalue weighted by Crippen LogP contribution is -1.94. The van der Waals surface area contributed by atoms with Gasteiger partial charge >= 0.3 is 0 Å². The maximum absolute atomic E-state index is 3.98. The van der Waals surface area contributed by atoms with E-state index in [0.29, 0.717) is 5.92 Å². The zero-order valence-electron chi connectivity index (χ0n) is 6.00. The van der Waals surface area contributed by atoms with E-state index in [9.17, 15) is 0 Å². The molecule has 1 rings (SSSR count). The van der Waals surface area contributed by atoms with Gasteiger partial charge in [-0.05, 0) is 27.9 Å². The quantitative estimate of drug-likeness (QED) is 0.696. The molecule has 0 saturated carbocycles. The minimum atomic E-state index is 0.433. The monoisotopic (exact) mass is 200 g/mol. The Bertz CT molecular complexity index is 223. The highest BCUT2D eigenvalue weighted by atomic mass is 79.9. The molecule has 0 atom stereocenters. The van der Waals surface area contributed by atoms with Crippen LogP contribution in [-0.4, -0.2) is 10.2 Å². The second-order valence-electron chi connectivity index (χ2n) is 2.42. The lowest BCUT2D eigenvalue weighted by molar-refractivity contribution is 0.778. The first-order valence-corrected chi connectivity index (χ1v) is 3.98. The van der Waals surface area contributed by atoms with Crippen molar-refractivity contribution in [1.82, 2.24) is 10.2 Å². The average Bonchev–Trinajstić information content (AvgIpc) is 1.88. The second kappa shape index (κ2) is 3.10. The first-order valence-electron chi connectivity index (χ1n) is 3.19. The SMILES string of the molecule is CC(C)c1nnccc1Br. The van der Waals surface area contributed by atoms with Crippen LogP contribution in [0.3, 0.4) is 0 Å². The lowest BCUT2D eigenvalue weighted by Gasteiger charge is -2.03. The van der Waals surface area contributed by atoms with Crippen LogP contribution in [0.15, 0.2) is 16.7 Å². The third kappa shape index (κ3) is 1.53. The molecule has 10 heavy (non-hydrogen) atoms. The molecule has 0 fully saturated rings. The number of hydrogen-bond acceptors (Lipinski definition) is 2. The Morgan fingerprint density at radius 2 is 2.20 bits per heavy atom. The molecular weight excluding hydrogens is 192 g/mol. The van der Waals surface area contributed by atoms with Crippen LogP contribution in [0.5, 0.6) is 0 Å². The number of hydrogen-bond donors (Lipinski definition) is 0. The van der Waals surface area contributed by atoms with E-state index in [1.807, 2.05) is 6.07 Å². The van der Waals surface area contributed by atoms with Crippen LogP contribution < -0.4 is 0 Å². The summed E-state index contributed by atoms with van der Waals surface area (Å²) in [6, 6.07) is 1.91. The van der Waals surface area contributed by atoms with Gasteiger partial charge in [0, 0.05) is 4.47 Å². The molecule has 54 valence electrons. The predicted octanol–water partition coefficient (Wildman–Crippen LogP) is 2.36.